The number of carbonyl (C=O) groups is 4. The van der Waals surface area contributed by atoms with Gasteiger partial charge in [0.15, 0.2) is 5.78 Å². The Kier molecular flexibility index (Phi) is 14.7. The molecule has 0 unspecified atom stereocenters. The van der Waals surface area contributed by atoms with Crippen molar-refractivity contribution >= 4 is 35.2 Å². The average molecular weight is 768 g/mol. The number of anilines is 2. The Hall–Kier alpha value is -5.62. The first-order valence-corrected chi connectivity index (χ1v) is 19.1. The standard InChI is InChI=1S/C22H26FN3O2.C22H25FN2O3/c1-16-6-5-7-19(12-16)26(22(28)25-10-3-2-4-11-25)15-18-9-8-17(13-20(18)23)21(27)14-24;1-16-7-6-8-19(13-16)25(22(27)24-11-4-3-5-12-24)15-18-10-9-17(14-20(18)23)21(26)28-2/h5-9,12-13H,2-4,10-11,14-15,24H2,1H3;6-10,13-14H,3-5,11-12,15H2,1-2H3. The van der Waals surface area contributed by atoms with Gasteiger partial charge in [0.05, 0.1) is 32.3 Å². The van der Waals surface area contributed by atoms with Gasteiger partial charge in [0.1, 0.15) is 11.6 Å². The SMILES string of the molecule is COC(=O)c1ccc(CN(C(=O)N2CCCCC2)c2cccc(C)c2)c(F)c1.Cc1cccc(N(Cc2ccc(C(=O)CN)cc2F)C(=O)N2CCCCC2)c1. The van der Waals surface area contributed by atoms with Crippen LogP contribution in [0, 0.1) is 25.5 Å². The van der Waals surface area contributed by atoms with Gasteiger partial charge in [-0.2, -0.15) is 0 Å². The number of carbonyl (C=O) groups excluding carboxylic acids is 4. The van der Waals surface area contributed by atoms with Gasteiger partial charge in [-0.25, -0.2) is 23.2 Å². The number of halogens is 2. The minimum atomic E-state index is -0.592. The lowest BCUT2D eigenvalue weighted by atomic mass is 10.1. The summed E-state index contributed by atoms with van der Waals surface area (Å²) in [5.41, 5.74) is 9.97. The van der Waals surface area contributed by atoms with Crippen LogP contribution in [0.25, 0.3) is 0 Å². The lowest BCUT2D eigenvalue weighted by molar-refractivity contribution is 0.0600. The van der Waals surface area contributed by atoms with Crippen molar-refractivity contribution in [3.63, 3.8) is 0 Å². The average Bonchev–Trinajstić information content (AvgIpc) is 3.22. The van der Waals surface area contributed by atoms with E-state index in [-0.39, 0.29) is 48.6 Å². The van der Waals surface area contributed by atoms with E-state index in [2.05, 4.69) is 4.74 Å². The molecule has 56 heavy (non-hydrogen) atoms. The Morgan fingerprint density at radius 3 is 1.45 bits per heavy atom. The normalized spacial score (nSPS) is 14.0. The van der Waals surface area contributed by atoms with Crippen LogP contribution in [0.5, 0.6) is 0 Å². The van der Waals surface area contributed by atoms with Crippen molar-refractivity contribution in [2.75, 3.05) is 49.6 Å². The molecule has 296 valence electrons. The highest BCUT2D eigenvalue weighted by Crippen LogP contribution is 2.26. The van der Waals surface area contributed by atoms with Gasteiger partial charge in [-0.3, -0.25) is 14.6 Å². The summed E-state index contributed by atoms with van der Waals surface area (Å²) in [5.74, 6) is -1.95. The number of hydrogen-bond donors (Lipinski definition) is 1. The summed E-state index contributed by atoms with van der Waals surface area (Å²) in [6.45, 7) is 6.80. The number of benzene rings is 4. The van der Waals surface area contributed by atoms with Gasteiger partial charge in [-0.1, -0.05) is 42.5 Å². The molecular weight excluding hydrogens is 717 g/mol. The molecule has 4 aromatic rings. The molecular formula is C44H51F2N5O5. The van der Waals surface area contributed by atoms with Crippen LogP contribution in [0.2, 0.25) is 0 Å². The second-order valence-electron chi connectivity index (χ2n) is 14.2. The molecule has 2 aliphatic rings. The third kappa shape index (κ3) is 10.8. The highest BCUT2D eigenvalue weighted by Gasteiger charge is 2.27. The first kappa shape index (κ1) is 41.5. The molecule has 0 spiro atoms. The van der Waals surface area contributed by atoms with Gasteiger partial charge in [-0.15, -0.1) is 0 Å². The van der Waals surface area contributed by atoms with Crippen molar-refractivity contribution in [3.05, 3.63) is 130 Å². The van der Waals surface area contributed by atoms with E-state index in [0.717, 1.165) is 67.1 Å². The number of urea groups is 2. The number of hydrogen-bond acceptors (Lipinski definition) is 6. The molecule has 2 fully saturated rings. The van der Waals surface area contributed by atoms with Crippen molar-refractivity contribution in [2.45, 2.75) is 65.5 Å². The van der Waals surface area contributed by atoms with E-state index in [1.54, 1.807) is 21.9 Å². The summed E-state index contributed by atoms with van der Waals surface area (Å²) in [5, 5.41) is 0. The summed E-state index contributed by atoms with van der Waals surface area (Å²) in [4.78, 5) is 56.6. The fourth-order valence-electron chi connectivity index (χ4n) is 6.87. The number of esters is 1. The predicted octanol–water partition coefficient (Wildman–Crippen LogP) is 8.42. The molecule has 2 N–H and O–H groups in total. The fraction of sp³-hybridized carbons (Fsp3) is 0.364. The Morgan fingerprint density at radius 1 is 0.625 bits per heavy atom. The third-order valence-electron chi connectivity index (χ3n) is 10.0. The smallest absolute Gasteiger partial charge is 0.337 e. The molecule has 12 heteroatoms. The van der Waals surface area contributed by atoms with Crippen LogP contribution >= 0.6 is 0 Å². The van der Waals surface area contributed by atoms with Crippen molar-refractivity contribution in [1.82, 2.24) is 9.80 Å². The van der Waals surface area contributed by atoms with Gasteiger partial charge >= 0.3 is 18.0 Å². The van der Waals surface area contributed by atoms with Gasteiger partial charge in [-0.05, 0) is 106 Å². The molecule has 0 saturated carbocycles. The van der Waals surface area contributed by atoms with E-state index in [0.29, 0.717) is 37.3 Å². The zero-order valence-corrected chi connectivity index (χ0v) is 32.4. The maximum Gasteiger partial charge on any atom is 0.337 e. The number of ketones is 1. The number of rotatable bonds is 9. The highest BCUT2D eigenvalue weighted by molar-refractivity contribution is 5.97. The second-order valence-corrected chi connectivity index (χ2v) is 14.2. The van der Waals surface area contributed by atoms with Crippen LogP contribution in [-0.4, -0.2) is 73.4 Å². The Bertz CT molecular complexity index is 1870. The number of methoxy groups -OCH3 is 1. The molecule has 4 amide bonds. The Morgan fingerprint density at radius 2 is 1.05 bits per heavy atom. The van der Waals surface area contributed by atoms with Crippen LogP contribution in [0.3, 0.4) is 0 Å². The number of Topliss-reactive ketones (excluding diaryl/α,β-unsaturated/α-hetero) is 1. The Balaban J connectivity index is 0.000000214. The monoisotopic (exact) mass is 767 g/mol. The molecule has 4 aromatic carbocycles. The fourth-order valence-corrected chi connectivity index (χ4v) is 6.87. The molecule has 0 atom stereocenters. The van der Waals surface area contributed by atoms with Crippen molar-refractivity contribution < 1.29 is 32.7 Å². The third-order valence-corrected chi connectivity index (χ3v) is 10.0. The molecule has 6 rings (SSSR count). The number of piperidine rings is 2. The molecule has 2 heterocycles. The first-order chi connectivity index (χ1) is 27.0. The van der Waals surface area contributed by atoms with E-state index < -0.39 is 17.6 Å². The van der Waals surface area contributed by atoms with Crippen molar-refractivity contribution in [1.29, 1.82) is 0 Å². The largest absolute Gasteiger partial charge is 0.465 e. The van der Waals surface area contributed by atoms with Crippen molar-refractivity contribution in [3.8, 4) is 0 Å². The molecule has 10 nitrogen and oxygen atoms in total. The van der Waals surface area contributed by atoms with Gasteiger partial charge in [0, 0.05) is 54.2 Å². The van der Waals surface area contributed by atoms with E-state index in [1.807, 2.05) is 72.2 Å². The second kappa shape index (κ2) is 19.8. The van der Waals surface area contributed by atoms with Crippen molar-refractivity contribution in [2.24, 2.45) is 5.73 Å². The number of nitrogens with two attached hydrogens (primary N) is 1. The lowest BCUT2D eigenvalue weighted by Crippen LogP contribution is -2.45. The van der Waals surface area contributed by atoms with Gasteiger partial charge in [0.2, 0.25) is 0 Å². The molecule has 2 saturated heterocycles. The lowest BCUT2D eigenvalue weighted by Gasteiger charge is -2.33. The number of aryl methyl sites for hydroxylation is 2. The predicted molar refractivity (Wildman–Crippen MR) is 214 cm³/mol. The van der Waals surface area contributed by atoms with Gasteiger partial charge in [0.25, 0.3) is 0 Å². The highest BCUT2D eigenvalue weighted by atomic mass is 19.1. The quantitative estimate of drug-likeness (QED) is 0.135. The van der Waals surface area contributed by atoms with Crippen LogP contribution < -0.4 is 15.5 Å². The van der Waals surface area contributed by atoms with Crippen LogP contribution in [-0.2, 0) is 17.8 Å². The number of nitrogens with zero attached hydrogens (tertiary/aromatic N) is 4. The summed E-state index contributed by atoms with van der Waals surface area (Å²) < 4.78 is 33.9. The maximum atomic E-state index is 14.7. The van der Waals surface area contributed by atoms with Crippen LogP contribution in [0.1, 0.15) is 81.5 Å². The van der Waals surface area contributed by atoms with Crippen LogP contribution in [0.4, 0.5) is 29.7 Å². The van der Waals surface area contributed by atoms with Gasteiger partial charge < -0.3 is 20.3 Å². The first-order valence-electron chi connectivity index (χ1n) is 19.1. The molecule has 0 aromatic heterocycles. The zero-order chi connectivity index (χ0) is 40.2. The van der Waals surface area contributed by atoms with E-state index in [4.69, 9.17) is 5.73 Å². The van der Waals surface area contributed by atoms with Crippen LogP contribution in [0.15, 0.2) is 84.9 Å². The molecule has 0 aliphatic carbocycles. The maximum absolute atomic E-state index is 14.7. The molecule has 0 bridgehead atoms. The summed E-state index contributed by atoms with van der Waals surface area (Å²) in [6.07, 6.45) is 6.18. The number of ether oxygens (including phenoxy) is 1. The van der Waals surface area contributed by atoms with E-state index >= 15 is 0 Å². The number of likely N-dealkylation sites (tertiary alicyclic amines) is 2. The summed E-state index contributed by atoms with van der Waals surface area (Å²) in [6, 6.07) is 23.5. The minimum Gasteiger partial charge on any atom is -0.465 e. The van der Waals surface area contributed by atoms with E-state index in [1.165, 1.54) is 25.3 Å². The Labute approximate surface area is 327 Å². The minimum absolute atomic E-state index is 0.0894. The zero-order valence-electron chi connectivity index (χ0n) is 32.4. The molecule has 0 radical (unpaired) electrons. The van der Waals surface area contributed by atoms with E-state index in [9.17, 15) is 28.0 Å². The topological polar surface area (TPSA) is 116 Å². The number of amides is 4. The summed E-state index contributed by atoms with van der Waals surface area (Å²) in [7, 11) is 1.25. The summed E-state index contributed by atoms with van der Waals surface area (Å²) >= 11 is 0. The molecule has 2 aliphatic heterocycles.